The quantitative estimate of drug-likeness (QED) is 0.162. The van der Waals surface area contributed by atoms with E-state index in [0.717, 1.165) is 31.4 Å². The van der Waals surface area contributed by atoms with Crippen LogP contribution in [-0.2, 0) is 4.84 Å². The van der Waals surface area contributed by atoms with Crippen LogP contribution in [-0.4, -0.2) is 57.9 Å². The number of aromatic nitrogens is 3. The van der Waals surface area contributed by atoms with Crippen LogP contribution in [0.3, 0.4) is 0 Å². The molecule has 0 saturated heterocycles. The van der Waals surface area contributed by atoms with Gasteiger partial charge in [0.2, 0.25) is 0 Å². The maximum atomic E-state index is 15.0. The largest absolute Gasteiger partial charge is 0.428 e. The van der Waals surface area contributed by atoms with Crippen molar-refractivity contribution in [2.24, 2.45) is 5.92 Å². The third-order valence-electron chi connectivity index (χ3n) is 5.96. The minimum absolute atomic E-state index is 0.0435. The van der Waals surface area contributed by atoms with Gasteiger partial charge < -0.3 is 15.1 Å². The topological polar surface area (TPSA) is 92.3 Å². The summed E-state index contributed by atoms with van der Waals surface area (Å²) in [6, 6.07) is 0. The molecule has 188 valence electrons. The number of nitrogens with zero attached hydrogens (tertiary/aromatic N) is 4. The summed E-state index contributed by atoms with van der Waals surface area (Å²) < 4.78 is 15.0. The second kappa shape index (κ2) is 12.7. The fourth-order valence-corrected chi connectivity index (χ4v) is 4.86. The summed E-state index contributed by atoms with van der Waals surface area (Å²) in [6.45, 7) is 10.2. The molecule has 0 fully saturated rings. The van der Waals surface area contributed by atoms with Crippen LogP contribution in [0, 0.1) is 11.7 Å². The van der Waals surface area contributed by atoms with E-state index in [1.54, 1.807) is 4.90 Å². The van der Waals surface area contributed by atoms with E-state index in [1.807, 2.05) is 13.8 Å². The van der Waals surface area contributed by atoms with Gasteiger partial charge in [-0.1, -0.05) is 63.9 Å². The first-order valence-electron chi connectivity index (χ1n) is 12.0. The molecule has 0 saturated carbocycles. The molecule has 0 bridgehead atoms. The third-order valence-corrected chi connectivity index (χ3v) is 6.94. The zero-order chi connectivity index (χ0) is 24.7. The SMILES string of the molecule is CCCCNOC(=O)N1CCNc2nc(SCC)nc3c(F)c(Cl)nc(c23)C(C)CC(CC)C1. The van der Waals surface area contributed by atoms with Gasteiger partial charge in [-0.05, 0) is 30.4 Å². The Balaban J connectivity index is 1.98. The lowest BCUT2D eigenvalue weighted by Gasteiger charge is -2.27. The standard InChI is InChI=1S/C23H34ClFN6O2S/c1-5-8-9-27-33-23(32)31-11-10-26-21-16-18(14(4)12-15(6-2)13-31)28-20(24)17(25)19(16)29-22(30-21)34-7-3/h14-15,27H,5-13H2,1-4H3,(H,26,29,30). The molecule has 2 aromatic rings. The maximum absolute atomic E-state index is 15.0. The van der Waals surface area contributed by atoms with Gasteiger partial charge in [-0.25, -0.2) is 24.1 Å². The molecule has 8 nitrogen and oxygen atoms in total. The van der Waals surface area contributed by atoms with Gasteiger partial charge in [-0.3, -0.25) is 0 Å². The third kappa shape index (κ3) is 6.40. The minimum atomic E-state index is -0.638. The van der Waals surface area contributed by atoms with Gasteiger partial charge in [-0.15, -0.1) is 0 Å². The van der Waals surface area contributed by atoms with Crippen molar-refractivity contribution in [3.8, 4) is 0 Å². The first kappa shape index (κ1) is 26.7. The molecule has 0 radical (unpaired) electrons. The number of amides is 1. The van der Waals surface area contributed by atoms with Gasteiger partial charge in [0.05, 0.1) is 11.1 Å². The number of hydrogen-bond donors (Lipinski definition) is 2. The average Bonchev–Trinajstić information content (AvgIpc) is 2.84. The van der Waals surface area contributed by atoms with Crippen molar-refractivity contribution in [2.45, 2.75) is 64.5 Å². The molecule has 2 aromatic heterocycles. The number of pyridine rings is 1. The smallest absolute Gasteiger partial charge is 0.368 e. The summed E-state index contributed by atoms with van der Waals surface area (Å²) >= 11 is 7.63. The van der Waals surface area contributed by atoms with Crippen molar-refractivity contribution in [2.75, 3.05) is 37.2 Å². The molecule has 2 N–H and O–H groups in total. The molecule has 0 aliphatic carbocycles. The lowest BCUT2D eigenvalue weighted by Crippen LogP contribution is -2.41. The number of rotatable bonds is 7. The average molecular weight is 513 g/mol. The molecule has 0 spiro atoms. The first-order valence-corrected chi connectivity index (χ1v) is 13.4. The van der Waals surface area contributed by atoms with Crippen molar-refractivity contribution < 1.29 is 14.0 Å². The van der Waals surface area contributed by atoms with E-state index >= 15 is 4.39 Å². The predicted octanol–water partition coefficient (Wildman–Crippen LogP) is 5.62. The van der Waals surface area contributed by atoms with Crippen molar-refractivity contribution >= 4 is 46.2 Å². The molecule has 3 rings (SSSR count). The van der Waals surface area contributed by atoms with E-state index in [2.05, 4.69) is 39.6 Å². The zero-order valence-corrected chi connectivity index (χ0v) is 21.9. The molecule has 2 atom stereocenters. The van der Waals surface area contributed by atoms with Crippen LogP contribution in [0.4, 0.5) is 15.0 Å². The van der Waals surface area contributed by atoms with Gasteiger partial charge in [0, 0.05) is 26.2 Å². The van der Waals surface area contributed by atoms with Crippen LogP contribution in [0.15, 0.2) is 5.16 Å². The van der Waals surface area contributed by atoms with Gasteiger partial charge in [0.15, 0.2) is 16.1 Å². The summed E-state index contributed by atoms with van der Waals surface area (Å²) in [6.07, 6.45) is 3.16. The maximum Gasteiger partial charge on any atom is 0.428 e. The van der Waals surface area contributed by atoms with Crippen LogP contribution in [0.1, 0.15) is 65.0 Å². The minimum Gasteiger partial charge on any atom is -0.368 e. The Morgan fingerprint density at radius 1 is 1.32 bits per heavy atom. The van der Waals surface area contributed by atoms with E-state index in [0.29, 0.717) is 48.2 Å². The molecule has 1 aliphatic rings. The number of thioether (sulfide) groups is 1. The highest BCUT2D eigenvalue weighted by Gasteiger charge is 2.27. The van der Waals surface area contributed by atoms with E-state index in [-0.39, 0.29) is 22.5 Å². The van der Waals surface area contributed by atoms with Crippen molar-refractivity contribution in [3.05, 3.63) is 16.7 Å². The Morgan fingerprint density at radius 3 is 2.82 bits per heavy atom. The summed E-state index contributed by atoms with van der Waals surface area (Å²) in [5, 5.41) is 4.14. The highest BCUT2D eigenvalue weighted by molar-refractivity contribution is 7.99. The molecule has 2 unspecified atom stereocenters. The Morgan fingerprint density at radius 2 is 2.12 bits per heavy atom. The molecular formula is C23H34ClFN6O2S. The number of anilines is 1. The highest BCUT2D eigenvalue weighted by Crippen LogP contribution is 2.37. The van der Waals surface area contributed by atoms with E-state index < -0.39 is 11.9 Å². The Hall–Kier alpha value is -1.91. The van der Waals surface area contributed by atoms with Gasteiger partial charge in [0.1, 0.15) is 11.3 Å². The van der Waals surface area contributed by atoms with Crippen LogP contribution in [0.25, 0.3) is 10.9 Å². The Labute approximate surface area is 209 Å². The van der Waals surface area contributed by atoms with Crippen LogP contribution < -0.4 is 10.8 Å². The number of hydroxylamine groups is 1. The van der Waals surface area contributed by atoms with E-state index in [9.17, 15) is 4.79 Å². The van der Waals surface area contributed by atoms with E-state index in [1.165, 1.54) is 11.8 Å². The number of carbonyl (C=O) groups is 1. The molecule has 11 heteroatoms. The summed E-state index contributed by atoms with van der Waals surface area (Å²) in [5.41, 5.74) is 3.62. The van der Waals surface area contributed by atoms with Crippen molar-refractivity contribution in [1.82, 2.24) is 25.3 Å². The normalized spacial score (nSPS) is 18.9. The summed E-state index contributed by atoms with van der Waals surface area (Å²) in [7, 11) is 0. The number of carbonyl (C=O) groups excluding carboxylic acids is 1. The number of halogens is 2. The molecule has 3 heterocycles. The van der Waals surface area contributed by atoms with Gasteiger partial charge in [0.25, 0.3) is 0 Å². The second-order valence-electron chi connectivity index (χ2n) is 8.51. The molecule has 1 aliphatic heterocycles. The monoisotopic (exact) mass is 512 g/mol. The summed E-state index contributed by atoms with van der Waals surface area (Å²) in [4.78, 5) is 33.4. The lowest BCUT2D eigenvalue weighted by molar-refractivity contribution is 0.0508. The number of hydrogen-bond acceptors (Lipinski definition) is 8. The first-order chi connectivity index (χ1) is 16.4. The Kier molecular flexibility index (Phi) is 9.97. The molecule has 34 heavy (non-hydrogen) atoms. The lowest BCUT2D eigenvalue weighted by atomic mass is 9.89. The highest BCUT2D eigenvalue weighted by atomic mass is 35.5. The van der Waals surface area contributed by atoms with Crippen molar-refractivity contribution in [1.29, 1.82) is 0 Å². The number of unbranched alkanes of at least 4 members (excludes halogenated alkanes) is 1. The Bertz CT molecular complexity index is 998. The zero-order valence-electron chi connectivity index (χ0n) is 20.3. The molecule has 1 amide bonds. The fraction of sp³-hybridized carbons (Fsp3) is 0.652. The van der Waals surface area contributed by atoms with Crippen LogP contribution >= 0.6 is 23.4 Å². The number of nitrogens with one attached hydrogen (secondary N) is 2. The van der Waals surface area contributed by atoms with Crippen LogP contribution in [0.2, 0.25) is 5.15 Å². The second-order valence-corrected chi connectivity index (χ2v) is 10.1. The van der Waals surface area contributed by atoms with Crippen LogP contribution in [0.5, 0.6) is 0 Å². The van der Waals surface area contributed by atoms with E-state index in [4.69, 9.17) is 16.4 Å². The predicted molar refractivity (Wildman–Crippen MR) is 135 cm³/mol. The van der Waals surface area contributed by atoms with Crippen molar-refractivity contribution in [3.63, 3.8) is 0 Å². The van der Waals surface area contributed by atoms with Gasteiger partial charge >= 0.3 is 6.09 Å². The fourth-order valence-electron chi connectivity index (χ4n) is 4.11. The van der Waals surface area contributed by atoms with Gasteiger partial charge in [-0.2, -0.15) is 5.48 Å². The molecule has 0 aromatic carbocycles. The molecular weight excluding hydrogens is 479 g/mol. The summed E-state index contributed by atoms with van der Waals surface area (Å²) in [5.74, 6) is 0.781.